The highest BCUT2D eigenvalue weighted by molar-refractivity contribution is 6.01. The minimum atomic E-state index is -0.923. The van der Waals surface area contributed by atoms with Crippen molar-refractivity contribution in [3.8, 4) is 17.2 Å². The third-order valence-corrected chi connectivity index (χ3v) is 3.80. The van der Waals surface area contributed by atoms with E-state index in [1.807, 2.05) is 13.8 Å². The zero-order valence-corrected chi connectivity index (χ0v) is 16.0. The molecule has 2 rings (SSSR count). The van der Waals surface area contributed by atoms with Crippen LogP contribution in [0.4, 0.5) is 0 Å². The second kappa shape index (κ2) is 9.62. The molecule has 0 amide bonds. The molecule has 0 radical (unpaired) electrons. The van der Waals surface area contributed by atoms with E-state index in [0.29, 0.717) is 36.0 Å². The summed E-state index contributed by atoms with van der Waals surface area (Å²) in [6.45, 7) is 6.25. The zero-order chi connectivity index (χ0) is 19.8. The quantitative estimate of drug-likeness (QED) is 0.491. The fraction of sp³-hybridized carbons (Fsp3) is 0.333. The number of carbonyl (C=O) groups is 2. The van der Waals surface area contributed by atoms with Crippen LogP contribution in [0.3, 0.4) is 0 Å². The standard InChI is InChI=1S/C21H24O6/c1-5-25-17-10-7-15(8-11-17)20(22)14(3)27-21(23)16-9-12-18(24-4)19(13-16)26-6-2/h7-14H,5-6H2,1-4H3/t14-/m1/s1. The first kappa shape index (κ1) is 20.3. The van der Waals surface area contributed by atoms with Crippen molar-refractivity contribution in [3.05, 3.63) is 53.6 Å². The van der Waals surface area contributed by atoms with Gasteiger partial charge in [0.05, 0.1) is 25.9 Å². The monoisotopic (exact) mass is 372 g/mol. The molecule has 6 heteroatoms. The lowest BCUT2D eigenvalue weighted by atomic mass is 10.1. The van der Waals surface area contributed by atoms with Gasteiger partial charge in [0.1, 0.15) is 5.75 Å². The van der Waals surface area contributed by atoms with Gasteiger partial charge in [-0.05, 0) is 63.2 Å². The van der Waals surface area contributed by atoms with Crippen LogP contribution in [0.15, 0.2) is 42.5 Å². The maximum Gasteiger partial charge on any atom is 0.338 e. The molecule has 144 valence electrons. The third kappa shape index (κ3) is 5.23. The molecule has 0 fully saturated rings. The van der Waals surface area contributed by atoms with Crippen LogP contribution in [-0.2, 0) is 4.74 Å². The van der Waals surface area contributed by atoms with Gasteiger partial charge >= 0.3 is 5.97 Å². The van der Waals surface area contributed by atoms with Crippen molar-refractivity contribution in [1.82, 2.24) is 0 Å². The molecule has 0 saturated heterocycles. The van der Waals surface area contributed by atoms with Crippen molar-refractivity contribution in [3.63, 3.8) is 0 Å². The van der Waals surface area contributed by atoms with E-state index in [-0.39, 0.29) is 11.3 Å². The lowest BCUT2D eigenvalue weighted by molar-refractivity contribution is 0.0318. The first-order valence-corrected chi connectivity index (χ1v) is 8.79. The number of carbonyl (C=O) groups excluding carboxylic acids is 2. The summed E-state index contributed by atoms with van der Waals surface area (Å²) in [5.74, 6) is 0.752. The zero-order valence-electron chi connectivity index (χ0n) is 16.0. The maximum atomic E-state index is 12.5. The Hall–Kier alpha value is -3.02. The first-order valence-electron chi connectivity index (χ1n) is 8.79. The topological polar surface area (TPSA) is 71.1 Å². The molecule has 0 heterocycles. The third-order valence-electron chi connectivity index (χ3n) is 3.80. The van der Waals surface area contributed by atoms with E-state index in [1.54, 1.807) is 49.4 Å². The molecule has 2 aromatic rings. The van der Waals surface area contributed by atoms with Gasteiger partial charge in [0, 0.05) is 5.56 Å². The Morgan fingerprint density at radius 3 is 2.11 bits per heavy atom. The van der Waals surface area contributed by atoms with E-state index in [2.05, 4.69) is 0 Å². The van der Waals surface area contributed by atoms with Gasteiger partial charge < -0.3 is 18.9 Å². The molecular weight excluding hydrogens is 348 g/mol. The molecule has 0 aliphatic heterocycles. The molecular formula is C21H24O6. The average Bonchev–Trinajstić information content (AvgIpc) is 2.68. The van der Waals surface area contributed by atoms with Gasteiger partial charge in [-0.1, -0.05) is 0 Å². The Morgan fingerprint density at radius 1 is 0.889 bits per heavy atom. The fourth-order valence-corrected chi connectivity index (χ4v) is 2.47. The highest BCUT2D eigenvalue weighted by Crippen LogP contribution is 2.28. The molecule has 6 nitrogen and oxygen atoms in total. The molecule has 0 spiro atoms. The highest BCUT2D eigenvalue weighted by Gasteiger charge is 2.21. The van der Waals surface area contributed by atoms with Gasteiger partial charge in [-0.15, -0.1) is 0 Å². The molecule has 2 aromatic carbocycles. The molecule has 0 bridgehead atoms. The SMILES string of the molecule is CCOc1ccc(C(=O)[C@@H](C)OC(=O)c2ccc(OC)c(OCC)c2)cc1. The van der Waals surface area contributed by atoms with Crippen molar-refractivity contribution in [2.24, 2.45) is 0 Å². The van der Waals surface area contributed by atoms with E-state index in [9.17, 15) is 9.59 Å². The van der Waals surface area contributed by atoms with Gasteiger partial charge in [0.15, 0.2) is 17.6 Å². The molecule has 0 N–H and O–H groups in total. The number of Topliss-reactive ketones (excluding diaryl/α,β-unsaturated/α-hetero) is 1. The van der Waals surface area contributed by atoms with Crippen LogP contribution in [0.1, 0.15) is 41.5 Å². The van der Waals surface area contributed by atoms with Crippen molar-refractivity contribution < 1.29 is 28.5 Å². The highest BCUT2D eigenvalue weighted by atomic mass is 16.5. The van der Waals surface area contributed by atoms with Crippen LogP contribution in [0.25, 0.3) is 0 Å². The molecule has 0 aromatic heterocycles. The lowest BCUT2D eigenvalue weighted by Gasteiger charge is -2.14. The Kier molecular flexibility index (Phi) is 7.23. The fourth-order valence-electron chi connectivity index (χ4n) is 2.47. The number of methoxy groups -OCH3 is 1. The van der Waals surface area contributed by atoms with Crippen LogP contribution in [0, 0.1) is 0 Å². The minimum absolute atomic E-state index is 0.283. The molecule has 0 saturated carbocycles. The number of hydrogen-bond acceptors (Lipinski definition) is 6. The molecule has 0 unspecified atom stereocenters. The van der Waals surface area contributed by atoms with Crippen LogP contribution < -0.4 is 14.2 Å². The summed E-state index contributed by atoms with van der Waals surface area (Å²) in [7, 11) is 1.52. The predicted octanol–water partition coefficient (Wildman–Crippen LogP) is 3.92. The first-order chi connectivity index (χ1) is 13.0. The van der Waals surface area contributed by atoms with Crippen LogP contribution in [0.5, 0.6) is 17.2 Å². The van der Waals surface area contributed by atoms with E-state index in [4.69, 9.17) is 18.9 Å². The lowest BCUT2D eigenvalue weighted by Crippen LogP contribution is -2.24. The van der Waals surface area contributed by atoms with Crippen molar-refractivity contribution in [2.45, 2.75) is 26.9 Å². The van der Waals surface area contributed by atoms with Crippen LogP contribution in [0.2, 0.25) is 0 Å². The summed E-state index contributed by atoms with van der Waals surface area (Å²) < 4.78 is 21.3. The maximum absolute atomic E-state index is 12.5. The normalized spacial score (nSPS) is 11.4. The number of esters is 1. The van der Waals surface area contributed by atoms with E-state index >= 15 is 0 Å². The number of rotatable bonds is 9. The Labute approximate surface area is 159 Å². The molecule has 27 heavy (non-hydrogen) atoms. The summed E-state index contributed by atoms with van der Waals surface area (Å²) in [4.78, 5) is 24.9. The van der Waals surface area contributed by atoms with Crippen molar-refractivity contribution >= 4 is 11.8 Å². The number of benzene rings is 2. The van der Waals surface area contributed by atoms with Crippen molar-refractivity contribution in [1.29, 1.82) is 0 Å². The smallest absolute Gasteiger partial charge is 0.338 e. The molecule has 0 aliphatic carbocycles. The summed E-state index contributed by atoms with van der Waals surface area (Å²) in [6, 6.07) is 11.5. The average molecular weight is 372 g/mol. The summed E-state index contributed by atoms with van der Waals surface area (Å²) in [5, 5.41) is 0. The van der Waals surface area contributed by atoms with Gasteiger partial charge in [-0.25, -0.2) is 4.79 Å². The Morgan fingerprint density at radius 2 is 1.52 bits per heavy atom. The van der Waals surface area contributed by atoms with E-state index in [0.717, 1.165) is 0 Å². The van der Waals surface area contributed by atoms with Crippen LogP contribution >= 0.6 is 0 Å². The van der Waals surface area contributed by atoms with E-state index < -0.39 is 12.1 Å². The summed E-state index contributed by atoms with van der Waals surface area (Å²) >= 11 is 0. The van der Waals surface area contributed by atoms with E-state index in [1.165, 1.54) is 7.11 Å². The predicted molar refractivity (Wildman–Crippen MR) is 101 cm³/mol. The Balaban J connectivity index is 2.07. The van der Waals surface area contributed by atoms with Gasteiger partial charge in [0.25, 0.3) is 0 Å². The number of ketones is 1. The Bertz CT molecular complexity index is 782. The number of hydrogen-bond donors (Lipinski definition) is 0. The minimum Gasteiger partial charge on any atom is -0.494 e. The largest absolute Gasteiger partial charge is 0.494 e. The van der Waals surface area contributed by atoms with Crippen LogP contribution in [-0.4, -0.2) is 38.2 Å². The molecule has 0 aliphatic rings. The summed E-state index contributed by atoms with van der Waals surface area (Å²) in [6.07, 6.45) is -0.923. The number of ether oxygens (including phenoxy) is 4. The second-order valence-corrected chi connectivity index (χ2v) is 5.67. The van der Waals surface area contributed by atoms with Crippen molar-refractivity contribution in [2.75, 3.05) is 20.3 Å². The summed E-state index contributed by atoms with van der Waals surface area (Å²) in [5.41, 5.74) is 0.731. The van der Waals surface area contributed by atoms with Gasteiger partial charge in [-0.2, -0.15) is 0 Å². The van der Waals surface area contributed by atoms with Gasteiger partial charge in [-0.3, -0.25) is 4.79 Å². The second-order valence-electron chi connectivity index (χ2n) is 5.67. The molecule has 1 atom stereocenters. The van der Waals surface area contributed by atoms with Gasteiger partial charge in [0.2, 0.25) is 5.78 Å².